The zero-order valence-electron chi connectivity index (χ0n) is 8.76. The lowest BCUT2D eigenvalue weighted by Crippen LogP contribution is -2.16. The number of allylic oxidation sites excluding steroid dienone is 1. The fourth-order valence-corrected chi connectivity index (χ4v) is 1.00. The summed E-state index contributed by atoms with van der Waals surface area (Å²) in [6.07, 6.45) is 0. The molecule has 13 heavy (non-hydrogen) atoms. The third kappa shape index (κ3) is 3.19. The molecule has 0 atom stereocenters. The zero-order valence-corrected chi connectivity index (χ0v) is 8.76. The van der Waals surface area contributed by atoms with E-state index >= 15 is 0 Å². The van der Waals surface area contributed by atoms with Crippen LogP contribution in [0.25, 0.3) is 0 Å². The average Bonchev–Trinajstić information content (AvgIpc) is 2.04. The molecule has 0 saturated carbocycles. The molecule has 0 aromatic carbocycles. The lowest BCUT2D eigenvalue weighted by molar-refractivity contribution is 0.303. The summed E-state index contributed by atoms with van der Waals surface area (Å²) in [7, 11) is 0. The van der Waals surface area contributed by atoms with Gasteiger partial charge in [0.1, 0.15) is 5.76 Å². The molecule has 0 aromatic rings. The molecule has 0 aliphatic rings. The van der Waals surface area contributed by atoms with E-state index in [4.69, 9.17) is 10.5 Å². The summed E-state index contributed by atoms with van der Waals surface area (Å²) < 4.78 is 0. The summed E-state index contributed by atoms with van der Waals surface area (Å²) in [5, 5.41) is 26.2. The van der Waals surface area contributed by atoms with Gasteiger partial charge >= 0.3 is 0 Å². The van der Waals surface area contributed by atoms with Gasteiger partial charge in [0, 0.05) is 17.2 Å². The molecule has 0 aliphatic heterocycles. The van der Waals surface area contributed by atoms with Gasteiger partial charge in [-0.15, -0.1) is 0 Å². The maximum Gasteiger partial charge on any atom is 0.102 e. The van der Waals surface area contributed by atoms with Gasteiger partial charge in [-0.2, -0.15) is 0 Å². The Hall–Kier alpha value is -0.830. The maximum atomic E-state index is 9.58. The van der Waals surface area contributed by atoms with Crippen molar-refractivity contribution in [2.24, 2.45) is 11.8 Å². The Morgan fingerprint density at radius 2 is 1.62 bits per heavy atom. The topological polar surface area (TPSA) is 64.3 Å². The van der Waals surface area contributed by atoms with Gasteiger partial charge in [0.2, 0.25) is 0 Å². The minimum atomic E-state index is -0.263. The monoisotopic (exact) mass is 185 g/mol. The quantitative estimate of drug-likeness (QED) is 0.464. The maximum absolute atomic E-state index is 9.58. The Bertz CT molecular complexity index is 217. The van der Waals surface area contributed by atoms with E-state index in [-0.39, 0.29) is 24.2 Å². The summed E-state index contributed by atoms with van der Waals surface area (Å²) in [6, 6.07) is 0. The SMILES string of the molecule is CC(C)C(=N)/C(CO)=C(\O)C(C)C. The highest BCUT2D eigenvalue weighted by Gasteiger charge is 2.15. The lowest BCUT2D eigenvalue weighted by Gasteiger charge is -2.14. The molecule has 3 N–H and O–H groups in total. The van der Waals surface area contributed by atoms with Crippen LogP contribution in [-0.2, 0) is 0 Å². The first-order valence-electron chi connectivity index (χ1n) is 4.53. The van der Waals surface area contributed by atoms with Gasteiger partial charge in [0.15, 0.2) is 0 Å². The van der Waals surface area contributed by atoms with E-state index in [1.165, 1.54) is 0 Å². The van der Waals surface area contributed by atoms with Gasteiger partial charge in [-0.05, 0) is 5.92 Å². The van der Waals surface area contributed by atoms with Crippen molar-refractivity contribution < 1.29 is 10.2 Å². The van der Waals surface area contributed by atoms with Gasteiger partial charge in [-0.3, -0.25) is 0 Å². The molecule has 0 aliphatic carbocycles. The minimum absolute atomic E-state index is 0.0306. The van der Waals surface area contributed by atoms with Gasteiger partial charge in [0.05, 0.1) is 6.61 Å². The van der Waals surface area contributed by atoms with Crippen molar-refractivity contribution in [1.82, 2.24) is 0 Å². The molecular weight excluding hydrogens is 166 g/mol. The Morgan fingerprint density at radius 1 is 1.15 bits per heavy atom. The van der Waals surface area contributed by atoms with Crippen molar-refractivity contribution in [2.45, 2.75) is 27.7 Å². The Labute approximate surface area is 79.6 Å². The van der Waals surface area contributed by atoms with E-state index in [0.717, 1.165) is 0 Å². The molecule has 76 valence electrons. The number of aliphatic hydroxyl groups excluding tert-OH is 2. The summed E-state index contributed by atoms with van der Waals surface area (Å²) in [5.41, 5.74) is 0.679. The number of aliphatic hydroxyl groups is 2. The molecule has 0 spiro atoms. The second-order valence-electron chi connectivity index (χ2n) is 3.74. The van der Waals surface area contributed by atoms with Gasteiger partial charge < -0.3 is 15.6 Å². The summed E-state index contributed by atoms with van der Waals surface area (Å²) in [4.78, 5) is 0. The van der Waals surface area contributed by atoms with Crippen LogP contribution in [0.15, 0.2) is 11.3 Å². The molecule has 0 fully saturated rings. The van der Waals surface area contributed by atoms with Crippen molar-refractivity contribution in [3.8, 4) is 0 Å². The van der Waals surface area contributed by atoms with Crippen LogP contribution >= 0.6 is 0 Å². The second kappa shape index (κ2) is 5.02. The van der Waals surface area contributed by atoms with Crippen LogP contribution in [0.3, 0.4) is 0 Å². The van der Waals surface area contributed by atoms with Crippen LogP contribution in [0.5, 0.6) is 0 Å². The smallest absolute Gasteiger partial charge is 0.102 e. The van der Waals surface area contributed by atoms with Crippen LogP contribution in [0.1, 0.15) is 27.7 Å². The van der Waals surface area contributed by atoms with Crippen LogP contribution in [0.2, 0.25) is 0 Å². The number of hydrogen-bond donors (Lipinski definition) is 3. The van der Waals surface area contributed by atoms with E-state index in [1.54, 1.807) is 0 Å². The van der Waals surface area contributed by atoms with Crippen LogP contribution in [-0.4, -0.2) is 22.5 Å². The predicted octanol–water partition coefficient (Wildman–Crippen LogP) is 2.12. The fourth-order valence-electron chi connectivity index (χ4n) is 1.00. The Kier molecular flexibility index (Phi) is 4.70. The molecule has 3 heteroatoms. The van der Waals surface area contributed by atoms with E-state index in [2.05, 4.69) is 0 Å². The molecule has 0 radical (unpaired) electrons. The van der Waals surface area contributed by atoms with E-state index in [1.807, 2.05) is 27.7 Å². The summed E-state index contributed by atoms with van der Waals surface area (Å²) in [6.45, 7) is 7.13. The number of hydrogen-bond acceptors (Lipinski definition) is 3. The molecule has 3 nitrogen and oxygen atoms in total. The van der Waals surface area contributed by atoms with E-state index in [9.17, 15) is 5.11 Å². The van der Waals surface area contributed by atoms with Crippen molar-refractivity contribution in [3.05, 3.63) is 11.3 Å². The van der Waals surface area contributed by atoms with E-state index < -0.39 is 0 Å². The van der Waals surface area contributed by atoms with Crippen molar-refractivity contribution >= 4 is 5.71 Å². The molecule has 0 amide bonds. The van der Waals surface area contributed by atoms with Crippen LogP contribution in [0, 0.1) is 17.2 Å². The molecule has 0 saturated heterocycles. The standard InChI is InChI=1S/C10H19NO2/c1-6(2)9(11)8(5-12)10(13)7(3)4/h6-7,11-13H,5H2,1-4H3/b10-8-,11-9?. The number of rotatable bonds is 4. The highest BCUT2D eigenvalue weighted by atomic mass is 16.3. The average molecular weight is 185 g/mol. The Morgan fingerprint density at radius 3 is 1.85 bits per heavy atom. The van der Waals surface area contributed by atoms with Gasteiger partial charge in [-0.25, -0.2) is 0 Å². The molecule has 0 rings (SSSR count). The van der Waals surface area contributed by atoms with E-state index in [0.29, 0.717) is 11.3 Å². The minimum Gasteiger partial charge on any atom is -0.512 e. The first kappa shape index (κ1) is 12.2. The lowest BCUT2D eigenvalue weighted by atomic mass is 9.96. The summed E-state index contributed by atoms with van der Waals surface area (Å²) >= 11 is 0. The molecular formula is C10H19NO2. The third-order valence-corrected chi connectivity index (χ3v) is 1.92. The largest absolute Gasteiger partial charge is 0.512 e. The van der Waals surface area contributed by atoms with Crippen LogP contribution in [0.4, 0.5) is 0 Å². The van der Waals surface area contributed by atoms with Crippen molar-refractivity contribution in [2.75, 3.05) is 6.61 Å². The first-order chi connectivity index (χ1) is 5.91. The highest BCUT2D eigenvalue weighted by molar-refractivity contribution is 5.99. The molecule has 0 bridgehead atoms. The van der Waals surface area contributed by atoms with Crippen LogP contribution < -0.4 is 0 Å². The fraction of sp³-hybridized carbons (Fsp3) is 0.700. The third-order valence-electron chi connectivity index (χ3n) is 1.92. The predicted molar refractivity (Wildman–Crippen MR) is 54.1 cm³/mol. The molecule has 0 unspecified atom stereocenters. The normalized spacial score (nSPS) is 13.5. The first-order valence-corrected chi connectivity index (χ1v) is 4.53. The second-order valence-corrected chi connectivity index (χ2v) is 3.74. The van der Waals surface area contributed by atoms with Crippen molar-refractivity contribution in [3.63, 3.8) is 0 Å². The van der Waals surface area contributed by atoms with Crippen molar-refractivity contribution in [1.29, 1.82) is 5.41 Å². The van der Waals surface area contributed by atoms with Gasteiger partial charge in [-0.1, -0.05) is 27.7 Å². The molecule has 0 aromatic heterocycles. The van der Waals surface area contributed by atoms with Gasteiger partial charge in [0.25, 0.3) is 0 Å². The Balaban J connectivity index is 4.88. The zero-order chi connectivity index (χ0) is 10.6. The highest BCUT2D eigenvalue weighted by Crippen LogP contribution is 2.15. The molecule has 0 heterocycles. The summed E-state index contributed by atoms with van der Waals surface area (Å²) in [5.74, 6) is 0.116. The number of nitrogens with one attached hydrogen (secondary N) is 1.